The van der Waals surface area contributed by atoms with Crippen LogP contribution >= 0.6 is 0 Å². The quantitative estimate of drug-likeness (QED) is 0.818. The average Bonchev–Trinajstić information content (AvgIpc) is 2.46. The monoisotopic (exact) mass is 269 g/mol. The fraction of sp³-hybridized carbons (Fsp3) is 0.250. The minimum atomic E-state index is 0.0341. The van der Waals surface area contributed by atoms with E-state index in [9.17, 15) is 4.79 Å². The molecular formula is C16H19N3O. The second-order valence-corrected chi connectivity index (χ2v) is 4.79. The number of carbonyl (C=O) groups is 1. The standard InChI is InChI=1S/C16H19N3O/c1-12-3-2-10-18-15(12)11-19-16(20)9-6-13-4-7-14(17)8-5-13/h2-5,7-8,10H,6,9,11,17H2,1H3,(H,19,20). The first kappa shape index (κ1) is 14.1. The van der Waals surface area contributed by atoms with Crippen molar-refractivity contribution in [2.45, 2.75) is 26.3 Å². The highest BCUT2D eigenvalue weighted by atomic mass is 16.1. The number of aromatic nitrogens is 1. The van der Waals surface area contributed by atoms with Crippen LogP contribution in [0.3, 0.4) is 0 Å². The zero-order valence-electron chi connectivity index (χ0n) is 11.6. The molecule has 2 aromatic rings. The van der Waals surface area contributed by atoms with Crippen LogP contribution in [0.1, 0.15) is 23.2 Å². The maximum Gasteiger partial charge on any atom is 0.220 e. The maximum atomic E-state index is 11.8. The molecule has 1 aromatic carbocycles. The third kappa shape index (κ3) is 4.09. The smallest absolute Gasteiger partial charge is 0.220 e. The van der Waals surface area contributed by atoms with Crippen molar-refractivity contribution in [3.05, 3.63) is 59.4 Å². The molecule has 0 aliphatic carbocycles. The molecule has 0 bridgehead atoms. The number of anilines is 1. The second-order valence-electron chi connectivity index (χ2n) is 4.79. The van der Waals surface area contributed by atoms with Gasteiger partial charge in [0, 0.05) is 18.3 Å². The van der Waals surface area contributed by atoms with Gasteiger partial charge < -0.3 is 11.1 Å². The summed E-state index contributed by atoms with van der Waals surface area (Å²) in [7, 11) is 0. The van der Waals surface area contributed by atoms with Crippen LogP contribution in [0, 0.1) is 6.92 Å². The predicted octanol–water partition coefficient (Wildman–Crippen LogP) is 2.22. The van der Waals surface area contributed by atoms with Crippen LogP contribution in [0.5, 0.6) is 0 Å². The molecule has 4 heteroatoms. The van der Waals surface area contributed by atoms with Gasteiger partial charge in [-0.1, -0.05) is 18.2 Å². The molecule has 2 rings (SSSR count). The van der Waals surface area contributed by atoms with Crippen molar-refractivity contribution in [1.29, 1.82) is 0 Å². The lowest BCUT2D eigenvalue weighted by Crippen LogP contribution is -2.24. The Balaban J connectivity index is 1.78. The molecule has 0 aliphatic heterocycles. The highest BCUT2D eigenvalue weighted by Gasteiger charge is 2.04. The van der Waals surface area contributed by atoms with E-state index in [0.29, 0.717) is 19.4 Å². The molecule has 0 unspecified atom stereocenters. The Kier molecular flexibility index (Phi) is 4.71. The summed E-state index contributed by atoms with van der Waals surface area (Å²) in [5, 5.41) is 2.90. The Morgan fingerprint density at radius 2 is 2.00 bits per heavy atom. The van der Waals surface area contributed by atoms with Gasteiger partial charge in [-0.3, -0.25) is 9.78 Å². The van der Waals surface area contributed by atoms with Gasteiger partial charge in [-0.2, -0.15) is 0 Å². The number of nitrogens with zero attached hydrogens (tertiary/aromatic N) is 1. The molecule has 0 spiro atoms. The maximum absolute atomic E-state index is 11.8. The SMILES string of the molecule is Cc1cccnc1CNC(=O)CCc1ccc(N)cc1. The van der Waals surface area contributed by atoms with Gasteiger partial charge in [-0.25, -0.2) is 0 Å². The van der Waals surface area contributed by atoms with E-state index in [1.807, 2.05) is 43.3 Å². The Morgan fingerprint density at radius 3 is 2.70 bits per heavy atom. The van der Waals surface area contributed by atoms with Gasteiger partial charge in [0.2, 0.25) is 5.91 Å². The molecule has 104 valence electrons. The molecule has 0 fully saturated rings. The van der Waals surface area contributed by atoms with Gasteiger partial charge >= 0.3 is 0 Å². The van der Waals surface area contributed by atoms with Crippen molar-refractivity contribution in [2.75, 3.05) is 5.73 Å². The van der Waals surface area contributed by atoms with Crippen molar-refractivity contribution in [3.63, 3.8) is 0 Å². The van der Waals surface area contributed by atoms with E-state index in [0.717, 1.165) is 22.5 Å². The van der Waals surface area contributed by atoms with Gasteiger partial charge in [-0.15, -0.1) is 0 Å². The molecule has 1 aromatic heterocycles. The van der Waals surface area contributed by atoms with Crippen LogP contribution in [-0.4, -0.2) is 10.9 Å². The normalized spacial score (nSPS) is 10.2. The highest BCUT2D eigenvalue weighted by Crippen LogP contribution is 2.08. The van der Waals surface area contributed by atoms with Gasteiger partial charge in [0.25, 0.3) is 0 Å². The van der Waals surface area contributed by atoms with Crippen molar-refractivity contribution in [1.82, 2.24) is 10.3 Å². The third-order valence-corrected chi connectivity index (χ3v) is 3.19. The number of rotatable bonds is 5. The van der Waals surface area contributed by atoms with Crippen molar-refractivity contribution >= 4 is 11.6 Å². The molecule has 0 aliphatic rings. The fourth-order valence-corrected chi connectivity index (χ4v) is 1.92. The summed E-state index contributed by atoms with van der Waals surface area (Å²) >= 11 is 0. The number of hydrogen-bond acceptors (Lipinski definition) is 3. The number of pyridine rings is 1. The number of carbonyl (C=O) groups excluding carboxylic acids is 1. The van der Waals surface area contributed by atoms with Crippen LogP contribution in [0.15, 0.2) is 42.6 Å². The Bertz CT molecular complexity index is 579. The predicted molar refractivity (Wildman–Crippen MR) is 80.0 cm³/mol. The van der Waals surface area contributed by atoms with E-state index in [1.165, 1.54) is 0 Å². The summed E-state index contributed by atoms with van der Waals surface area (Å²) < 4.78 is 0. The number of nitrogen functional groups attached to an aromatic ring is 1. The third-order valence-electron chi connectivity index (χ3n) is 3.19. The Labute approximate surface area is 119 Å². The molecule has 1 heterocycles. The summed E-state index contributed by atoms with van der Waals surface area (Å²) in [4.78, 5) is 16.1. The lowest BCUT2D eigenvalue weighted by Gasteiger charge is -2.07. The van der Waals surface area contributed by atoms with Gasteiger partial charge in [0.1, 0.15) is 0 Å². The first-order valence-electron chi connectivity index (χ1n) is 6.67. The molecule has 0 saturated carbocycles. The van der Waals surface area contributed by atoms with Gasteiger partial charge in [0.15, 0.2) is 0 Å². The summed E-state index contributed by atoms with van der Waals surface area (Å²) in [5.74, 6) is 0.0341. The number of benzene rings is 1. The van der Waals surface area contributed by atoms with Gasteiger partial charge in [0.05, 0.1) is 12.2 Å². The first-order chi connectivity index (χ1) is 9.65. The summed E-state index contributed by atoms with van der Waals surface area (Å²) in [6.45, 7) is 2.47. The van der Waals surface area contributed by atoms with Crippen molar-refractivity contribution in [3.8, 4) is 0 Å². The molecule has 1 amide bonds. The number of nitrogens with one attached hydrogen (secondary N) is 1. The van der Waals surface area contributed by atoms with Crippen molar-refractivity contribution in [2.24, 2.45) is 0 Å². The second kappa shape index (κ2) is 6.70. The Hall–Kier alpha value is -2.36. The van der Waals surface area contributed by atoms with Crippen LogP contribution in [0.2, 0.25) is 0 Å². The molecule has 3 N–H and O–H groups in total. The van der Waals surface area contributed by atoms with Crippen LogP contribution in [-0.2, 0) is 17.8 Å². The van der Waals surface area contributed by atoms with Gasteiger partial charge in [-0.05, 0) is 42.7 Å². The first-order valence-corrected chi connectivity index (χ1v) is 6.67. The average molecular weight is 269 g/mol. The lowest BCUT2D eigenvalue weighted by molar-refractivity contribution is -0.121. The van der Waals surface area contributed by atoms with Crippen LogP contribution < -0.4 is 11.1 Å². The number of aryl methyl sites for hydroxylation is 2. The molecular weight excluding hydrogens is 250 g/mol. The Morgan fingerprint density at radius 1 is 1.25 bits per heavy atom. The van der Waals surface area contributed by atoms with E-state index in [4.69, 9.17) is 5.73 Å². The molecule has 20 heavy (non-hydrogen) atoms. The van der Waals surface area contributed by atoms with Crippen molar-refractivity contribution < 1.29 is 4.79 Å². The van der Waals surface area contributed by atoms with Crippen LogP contribution in [0.4, 0.5) is 5.69 Å². The minimum absolute atomic E-state index is 0.0341. The highest BCUT2D eigenvalue weighted by molar-refractivity contribution is 5.76. The van der Waals surface area contributed by atoms with Crippen LogP contribution in [0.25, 0.3) is 0 Å². The summed E-state index contributed by atoms with van der Waals surface area (Å²) in [6, 6.07) is 11.5. The molecule has 0 radical (unpaired) electrons. The number of amides is 1. The van der Waals surface area contributed by atoms with E-state index in [-0.39, 0.29) is 5.91 Å². The topological polar surface area (TPSA) is 68.0 Å². The van der Waals surface area contributed by atoms with E-state index in [2.05, 4.69) is 10.3 Å². The largest absolute Gasteiger partial charge is 0.399 e. The zero-order chi connectivity index (χ0) is 14.4. The number of nitrogens with two attached hydrogens (primary N) is 1. The zero-order valence-corrected chi connectivity index (χ0v) is 11.6. The molecule has 0 atom stereocenters. The summed E-state index contributed by atoms with van der Waals surface area (Å²) in [6.07, 6.45) is 2.92. The number of hydrogen-bond donors (Lipinski definition) is 2. The van der Waals surface area contributed by atoms with E-state index < -0.39 is 0 Å². The summed E-state index contributed by atoms with van der Waals surface area (Å²) in [5.41, 5.74) is 9.48. The molecule has 4 nitrogen and oxygen atoms in total. The minimum Gasteiger partial charge on any atom is -0.399 e. The fourth-order valence-electron chi connectivity index (χ4n) is 1.92. The molecule has 0 saturated heterocycles. The van der Waals surface area contributed by atoms with E-state index in [1.54, 1.807) is 6.20 Å². The van der Waals surface area contributed by atoms with E-state index >= 15 is 0 Å². The lowest BCUT2D eigenvalue weighted by atomic mass is 10.1.